The second-order valence-corrected chi connectivity index (χ2v) is 5.85. The van der Waals surface area contributed by atoms with Gasteiger partial charge in [-0.25, -0.2) is 4.39 Å². The molecule has 0 unspecified atom stereocenters. The van der Waals surface area contributed by atoms with Gasteiger partial charge in [0.15, 0.2) is 0 Å². The summed E-state index contributed by atoms with van der Waals surface area (Å²) >= 11 is 8.11. The predicted molar refractivity (Wildman–Crippen MR) is 77.0 cm³/mol. The fraction of sp³-hybridized carbons (Fsp3) is 0.333. The third-order valence-corrected chi connectivity index (χ3v) is 3.78. The molecule has 1 rings (SSSR count). The summed E-state index contributed by atoms with van der Waals surface area (Å²) in [5.74, 6) is -0.831. The average molecular weight is 333 g/mol. The highest BCUT2D eigenvalue weighted by atomic mass is 79.9. The van der Waals surface area contributed by atoms with Gasteiger partial charge in [0.2, 0.25) is 0 Å². The van der Waals surface area contributed by atoms with Gasteiger partial charge in [-0.2, -0.15) is 0 Å². The van der Waals surface area contributed by atoms with Crippen molar-refractivity contribution in [3.05, 3.63) is 34.1 Å². The molecular formula is C12H14BrFN2OS. The largest absolute Gasteiger partial charge is 0.393 e. The molecule has 0 aliphatic rings. The number of thiocarbonyl (C=S) groups is 1. The van der Waals surface area contributed by atoms with Crippen LogP contribution < -0.4 is 11.1 Å². The van der Waals surface area contributed by atoms with Crippen molar-refractivity contribution in [1.82, 2.24) is 5.32 Å². The van der Waals surface area contributed by atoms with Gasteiger partial charge in [-0.05, 0) is 34.1 Å². The zero-order chi connectivity index (χ0) is 13.9. The van der Waals surface area contributed by atoms with Gasteiger partial charge >= 0.3 is 0 Å². The normalized spacial score (nSPS) is 11.1. The van der Waals surface area contributed by atoms with E-state index >= 15 is 0 Å². The maximum atomic E-state index is 13.1. The molecule has 0 aliphatic carbocycles. The van der Waals surface area contributed by atoms with E-state index in [0.29, 0.717) is 16.0 Å². The Hall–Kier alpha value is -1.01. The number of hydrogen-bond donors (Lipinski definition) is 2. The van der Waals surface area contributed by atoms with Crippen LogP contribution in [0.5, 0.6) is 0 Å². The van der Waals surface area contributed by atoms with Crippen LogP contribution in [-0.4, -0.2) is 17.4 Å². The van der Waals surface area contributed by atoms with Gasteiger partial charge in [0.25, 0.3) is 5.91 Å². The summed E-state index contributed by atoms with van der Waals surface area (Å²) in [6.07, 6.45) is 0. The van der Waals surface area contributed by atoms with E-state index in [0.717, 1.165) is 0 Å². The Morgan fingerprint density at radius 1 is 1.56 bits per heavy atom. The molecule has 0 aliphatic heterocycles. The Labute approximate surface area is 119 Å². The smallest absolute Gasteiger partial charge is 0.252 e. The third kappa shape index (κ3) is 3.74. The monoisotopic (exact) mass is 332 g/mol. The van der Waals surface area contributed by atoms with E-state index in [1.807, 2.05) is 13.8 Å². The topological polar surface area (TPSA) is 55.1 Å². The molecule has 0 atom stereocenters. The van der Waals surface area contributed by atoms with Gasteiger partial charge in [-0.3, -0.25) is 4.79 Å². The molecule has 1 aromatic rings. The minimum absolute atomic E-state index is 0.244. The number of amides is 1. The van der Waals surface area contributed by atoms with Crippen molar-refractivity contribution in [2.75, 3.05) is 6.54 Å². The van der Waals surface area contributed by atoms with Crippen LogP contribution in [0.25, 0.3) is 0 Å². The molecule has 98 valence electrons. The van der Waals surface area contributed by atoms with Crippen LogP contribution >= 0.6 is 28.1 Å². The van der Waals surface area contributed by atoms with Crippen LogP contribution in [0.3, 0.4) is 0 Å². The molecule has 0 radical (unpaired) electrons. The summed E-state index contributed by atoms with van der Waals surface area (Å²) in [6.45, 7) is 3.95. The van der Waals surface area contributed by atoms with Crippen LogP contribution in [0.15, 0.2) is 22.7 Å². The van der Waals surface area contributed by atoms with Crippen molar-refractivity contribution in [1.29, 1.82) is 0 Å². The highest BCUT2D eigenvalue weighted by Gasteiger charge is 2.23. The molecular weight excluding hydrogens is 319 g/mol. The molecule has 3 N–H and O–H groups in total. The molecule has 6 heteroatoms. The first-order valence-corrected chi connectivity index (χ1v) is 6.47. The van der Waals surface area contributed by atoms with E-state index in [4.69, 9.17) is 18.0 Å². The number of benzene rings is 1. The Kier molecular flexibility index (Phi) is 4.81. The van der Waals surface area contributed by atoms with Crippen molar-refractivity contribution in [2.24, 2.45) is 11.1 Å². The van der Waals surface area contributed by atoms with Crippen LogP contribution in [-0.2, 0) is 0 Å². The molecule has 0 saturated heterocycles. The van der Waals surface area contributed by atoms with E-state index in [-0.39, 0.29) is 11.5 Å². The lowest BCUT2D eigenvalue weighted by Crippen LogP contribution is -2.41. The first-order valence-electron chi connectivity index (χ1n) is 5.27. The first kappa shape index (κ1) is 15.0. The lowest BCUT2D eigenvalue weighted by molar-refractivity contribution is 0.0944. The average Bonchev–Trinajstić information content (AvgIpc) is 2.29. The standard InChI is InChI=1S/C12H14BrFN2OS/c1-12(2,11(15)18)6-16-10(17)8-5-7(14)3-4-9(8)13/h3-5H,6H2,1-2H3,(H2,15,18)(H,16,17). The molecule has 3 nitrogen and oxygen atoms in total. The number of nitrogens with one attached hydrogen (secondary N) is 1. The maximum Gasteiger partial charge on any atom is 0.252 e. The highest BCUT2D eigenvalue weighted by molar-refractivity contribution is 9.10. The van der Waals surface area contributed by atoms with Gasteiger partial charge in [0.1, 0.15) is 5.82 Å². The number of carbonyl (C=O) groups is 1. The number of rotatable bonds is 4. The molecule has 0 bridgehead atoms. The van der Waals surface area contributed by atoms with Crippen molar-refractivity contribution >= 4 is 39.0 Å². The Morgan fingerprint density at radius 3 is 2.72 bits per heavy atom. The van der Waals surface area contributed by atoms with Crippen LogP contribution in [0.2, 0.25) is 0 Å². The number of halogens is 2. The van der Waals surface area contributed by atoms with Gasteiger partial charge in [0.05, 0.1) is 10.6 Å². The van der Waals surface area contributed by atoms with Crippen LogP contribution in [0, 0.1) is 11.2 Å². The second-order valence-electron chi connectivity index (χ2n) is 4.55. The lowest BCUT2D eigenvalue weighted by atomic mass is 9.93. The molecule has 18 heavy (non-hydrogen) atoms. The van der Waals surface area contributed by atoms with E-state index in [1.165, 1.54) is 18.2 Å². The summed E-state index contributed by atoms with van der Waals surface area (Å²) in [5, 5.41) is 2.69. The molecule has 0 fully saturated rings. The van der Waals surface area contributed by atoms with E-state index < -0.39 is 11.2 Å². The van der Waals surface area contributed by atoms with Crippen LogP contribution in [0.1, 0.15) is 24.2 Å². The zero-order valence-corrected chi connectivity index (χ0v) is 12.5. The Morgan fingerprint density at radius 2 is 2.17 bits per heavy atom. The molecule has 0 aromatic heterocycles. The van der Waals surface area contributed by atoms with Gasteiger partial charge < -0.3 is 11.1 Å². The van der Waals surface area contributed by atoms with Crippen molar-refractivity contribution in [3.8, 4) is 0 Å². The highest BCUT2D eigenvalue weighted by Crippen LogP contribution is 2.19. The van der Waals surface area contributed by atoms with E-state index in [9.17, 15) is 9.18 Å². The molecule has 0 saturated carbocycles. The maximum absolute atomic E-state index is 13.1. The van der Waals surface area contributed by atoms with E-state index in [1.54, 1.807) is 0 Å². The van der Waals surface area contributed by atoms with Crippen molar-refractivity contribution in [2.45, 2.75) is 13.8 Å². The number of carbonyl (C=O) groups excluding carboxylic acids is 1. The number of hydrogen-bond acceptors (Lipinski definition) is 2. The number of nitrogens with two attached hydrogens (primary N) is 1. The SMILES string of the molecule is CC(C)(CNC(=O)c1cc(F)ccc1Br)C(N)=S. The summed E-state index contributed by atoms with van der Waals surface area (Å²) in [6, 6.07) is 3.94. The minimum Gasteiger partial charge on any atom is -0.393 e. The van der Waals surface area contributed by atoms with Gasteiger partial charge in [-0.15, -0.1) is 0 Å². The lowest BCUT2D eigenvalue weighted by Gasteiger charge is -2.23. The molecule has 1 amide bonds. The van der Waals surface area contributed by atoms with Gasteiger partial charge in [-0.1, -0.05) is 26.1 Å². The first-order chi connectivity index (χ1) is 8.24. The van der Waals surface area contributed by atoms with Gasteiger partial charge in [0, 0.05) is 16.4 Å². The second kappa shape index (κ2) is 5.75. The quantitative estimate of drug-likeness (QED) is 0.833. The van der Waals surface area contributed by atoms with Crippen molar-refractivity contribution < 1.29 is 9.18 Å². The third-order valence-electron chi connectivity index (χ3n) is 2.53. The fourth-order valence-corrected chi connectivity index (χ4v) is 1.65. The minimum atomic E-state index is -0.481. The van der Waals surface area contributed by atoms with Crippen LogP contribution in [0.4, 0.5) is 4.39 Å². The predicted octanol–water partition coefficient (Wildman–Crippen LogP) is 2.63. The molecule has 1 aromatic carbocycles. The summed E-state index contributed by atoms with van der Waals surface area (Å²) in [4.78, 5) is 12.2. The fourth-order valence-electron chi connectivity index (χ4n) is 1.16. The summed E-state index contributed by atoms with van der Waals surface area (Å²) in [5.41, 5.74) is 5.32. The zero-order valence-electron chi connectivity index (χ0n) is 10.1. The summed E-state index contributed by atoms with van der Waals surface area (Å²) in [7, 11) is 0. The molecule has 0 spiro atoms. The van der Waals surface area contributed by atoms with Crippen molar-refractivity contribution in [3.63, 3.8) is 0 Å². The molecule has 0 heterocycles. The Bertz CT molecular complexity index is 491. The van der Waals surface area contributed by atoms with E-state index in [2.05, 4.69) is 21.2 Å². The Balaban J connectivity index is 2.78. The summed E-state index contributed by atoms with van der Waals surface area (Å²) < 4.78 is 13.6.